The Kier molecular flexibility index (Phi) is 19.3. The topological polar surface area (TPSA) is 50.7 Å². The largest absolute Gasteiger partial charge is 0.398 e. The minimum absolute atomic E-state index is 0.677. The van der Waals surface area contributed by atoms with Crippen LogP contribution >= 0.6 is 0 Å². The van der Waals surface area contributed by atoms with Crippen LogP contribution in [0.3, 0.4) is 0 Å². The second-order valence-electron chi connectivity index (χ2n) is 15.8. The molecule has 0 heterocycles. The van der Waals surface area contributed by atoms with Crippen LogP contribution in [0.15, 0.2) is 241 Å². The molecular weight excluding hydrogens is 811 g/mol. The number of nitrogens with two attached hydrogens (primary N) is 1. The van der Waals surface area contributed by atoms with Crippen molar-refractivity contribution >= 4 is 67.2 Å². The lowest BCUT2D eigenvalue weighted by Gasteiger charge is -2.18. The molecular formula is C64H67N3. The maximum atomic E-state index is 6.81. The van der Waals surface area contributed by atoms with Crippen molar-refractivity contribution in [1.82, 2.24) is 0 Å². The van der Waals surface area contributed by atoms with Crippen molar-refractivity contribution < 1.29 is 0 Å². The van der Waals surface area contributed by atoms with Crippen LogP contribution < -0.4 is 5.73 Å². The second-order valence-corrected chi connectivity index (χ2v) is 15.8. The normalized spacial score (nSPS) is 12.1. The molecule has 0 aliphatic heterocycles. The highest BCUT2D eigenvalue weighted by atomic mass is 14.8. The molecule has 0 aliphatic rings. The lowest BCUT2D eigenvalue weighted by Crippen LogP contribution is -2.13. The Balaban J connectivity index is 0.000000304. The summed E-state index contributed by atoms with van der Waals surface area (Å²) in [4.78, 5) is 9.97. The van der Waals surface area contributed by atoms with E-state index in [1.54, 1.807) is 12.2 Å². The van der Waals surface area contributed by atoms with E-state index >= 15 is 0 Å². The fraction of sp³-hybridized carbons (Fsp3) is 0.125. The highest BCUT2D eigenvalue weighted by Gasteiger charge is 2.19. The quantitative estimate of drug-likeness (QED) is 0.0624. The molecule has 67 heavy (non-hydrogen) atoms. The first-order valence-corrected chi connectivity index (χ1v) is 22.7. The lowest BCUT2D eigenvalue weighted by molar-refractivity contribution is 1.22. The van der Waals surface area contributed by atoms with Crippen LogP contribution in [0.1, 0.15) is 88.8 Å². The smallest absolute Gasteiger partial charge is 0.0759 e. The van der Waals surface area contributed by atoms with Gasteiger partial charge in [0.25, 0.3) is 0 Å². The number of hydrogen-bond acceptors (Lipinski definition) is 3. The van der Waals surface area contributed by atoms with Crippen molar-refractivity contribution in [1.29, 1.82) is 0 Å². The van der Waals surface area contributed by atoms with Crippen LogP contribution in [0.5, 0.6) is 0 Å². The van der Waals surface area contributed by atoms with Crippen molar-refractivity contribution in [3.05, 3.63) is 265 Å². The third kappa shape index (κ3) is 12.1. The molecule has 0 radical (unpaired) electrons. The number of rotatable bonds is 15. The van der Waals surface area contributed by atoms with Crippen LogP contribution in [0.4, 0.5) is 0 Å². The zero-order valence-corrected chi connectivity index (χ0v) is 41.0. The van der Waals surface area contributed by atoms with E-state index in [2.05, 4.69) is 146 Å². The molecule has 0 saturated heterocycles. The van der Waals surface area contributed by atoms with Crippen molar-refractivity contribution in [2.45, 2.75) is 55.4 Å². The summed E-state index contributed by atoms with van der Waals surface area (Å²) in [6, 6.07) is 37.4. The van der Waals surface area contributed by atoms with E-state index in [9.17, 15) is 0 Å². The van der Waals surface area contributed by atoms with Gasteiger partial charge in [0.15, 0.2) is 0 Å². The van der Waals surface area contributed by atoms with Gasteiger partial charge in [-0.1, -0.05) is 223 Å². The fourth-order valence-corrected chi connectivity index (χ4v) is 8.00. The van der Waals surface area contributed by atoms with Crippen LogP contribution in [0.25, 0.3) is 55.7 Å². The Morgan fingerprint density at radius 3 is 1.61 bits per heavy atom. The Hall–Kier alpha value is -7.88. The second kappa shape index (κ2) is 25.0. The molecule has 0 unspecified atom stereocenters. The molecule has 3 heteroatoms. The van der Waals surface area contributed by atoms with Crippen LogP contribution in [0, 0.1) is 0 Å². The molecule has 3 nitrogen and oxygen atoms in total. The Bertz CT molecular complexity index is 3030. The van der Waals surface area contributed by atoms with Crippen LogP contribution in [-0.2, 0) is 0 Å². The summed E-state index contributed by atoms with van der Waals surface area (Å²) in [7, 11) is 0. The van der Waals surface area contributed by atoms with Gasteiger partial charge < -0.3 is 5.73 Å². The molecule has 0 amide bonds. The van der Waals surface area contributed by atoms with Gasteiger partial charge in [-0.3, -0.25) is 4.99 Å². The predicted molar refractivity (Wildman–Crippen MR) is 303 cm³/mol. The minimum Gasteiger partial charge on any atom is -0.398 e. The van der Waals surface area contributed by atoms with E-state index in [0.29, 0.717) is 17.1 Å². The predicted octanol–water partition coefficient (Wildman–Crippen LogP) is 18.0. The number of nitrogens with zero attached hydrogens (tertiary/aromatic N) is 2. The zero-order valence-electron chi connectivity index (χ0n) is 41.0. The van der Waals surface area contributed by atoms with Gasteiger partial charge in [-0.25, -0.2) is 4.99 Å². The van der Waals surface area contributed by atoms with Gasteiger partial charge >= 0.3 is 0 Å². The van der Waals surface area contributed by atoms with Gasteiger partial charge in [-0.2, -0.15) is 0 Å². The minimum atomic E-state index is 0.677. The molecule has 6 rings (SSSR count). The SMILES string of the molecule is C=C/C(=C\C=C/C)C(=C)N=C(C)c1cc(C=C)c(C=C)c2ccccc12.C=C/C=C\C(=C(C)C)/C(N)=C(\C)C(=NC(=C)c1c2ccccc2c(C(=C)C)c2ccccc12)c1ccccc1.CC. The Morgan fingerprint density at radius 2 is 1.13 bits per heavy atom. The molecule has 0 aromatic heterocycles. The number of hydrogen-bond donors (Lipinski definition) is 1. The van der Waals surface area contributed by atoms with Gasteiger partial charge in [0, 0.05) is 28.1 Å². The fourth-order valence-electron chi connectivity index (χ4n) is 8.00. The molecule has 0 aliphatic carbocycles. The van der Waals surface area contributed by atoms with Crippen molar-refractivity contribution in [3.63, 3.8) is 0 Å². The number of benzene rings is 6. The first-order chi connectivity index (χ1) is 32.3. The monoisotopic (exact) mass is 878 g/mol. The molecule has 2 N–H and O–H groups in total. The maximum absolute atomic E-state index is 6.81. The van der Waals surface area contributed by atoms with E-state index in [0.717, 1.165) is 105 Å². The lowest BCUT2D eigenvalue weighted by atomic mass is 9.88. The summed E-state index contributed by atoms with van der Waals surface area (Å²) in [5, 5.41) is 6.77. The molecule has 6 aromatic carbocycles. The summed E-state index contributed by atoms with van der Waals surface area (Å²) >= 11 is 0. The number of allylic oxidation sites excluding steroid dienone is 10. The van der Waals surface area contributed by atoms with Gasteiger partial charge in [0.1, 0.15) is 0 Å². The van der Waals surface area contributed by atoms with Crippen LogP contribution in [0.2, 0.25) is 0 Å². The number of aliphatic imine (C=N–C) groups is 2. The van der Waals surface area contributed by atoms with Gasteiger partial charge in [0.2, 0.25) is 0 Å². The standard InChI is InChI=1S/C37H36N2.C25H25N.C2H6/c1-8-9-19-29(24(2)3)36(38)26(6)37(28-17-11-10-12-18-28)39-27(7)35-32-22-15-13-20-30(32)34(25(4)5)31-21-14-16-23-33(31)35;1-7-11-14-20(8-2)18(5)26-19(6)25-17-21(9-3)22(10-4)23-15-12-13-16-24(23)25;1-2/h8-23H,1,4,7,38H2,2-3,5-6H3;7-17H,2-5H2,1,6H3;1-2H3/b19-9-,36-26-,39-37?;11-7-,20-14+,26-19?;. The maximum Gasteiger partial charge on any atom is 0.0759 e. The average Bonchev–Trinajstić information content (AvgIpc) is 3.34. The first-order valence-electron chi connectivity index (χ1n) is 22.7. The molecule has 6 aromatic rings. The van der Waals surface area contributed by atoms with E-state index in [1.165, 1.54) is 0 Å². The van der Waals surface area contributed by atoms with E-state index in [1.807, 2.05) is 107 Å². The third-order valence-corrected chi connectivity index (χ3v) is 11.2. The summed E-state index contributed by atoms with van der Waals surface area (Å²) < 4.78 is 0. The van der Waals surface area contributed by atoms with Crippen LogP contribution in [-0.4, -0.2) is 11.4 Å². The van der Waals surface area contributed by atoms with Gasteiger partial charge in [0.05, 0.1) is 17.1 Å². The molecule has 0 fully saturated rings. The van der Waals surface area contributed by atoms with Gasteiger partial charge in [-0.05, 0) is 119 Å². The zero-order chi connectivity index (χ0) is 49.2. The summed E-state index contributed by atoms with van der Waals surface area (Å²) in [5.41, 5.74) is 21.8. The summed E-state index contributed by atoms with van der Waals surface area (Å²) in [6.07, 6.45) is 17.0. The Morgan fingerprint density at radius 1 is 0.612 bits per heavy atom. The summed E-state index contributed by atoms with van der Waals surface area (Å²) in [6.45, 7) is 44.7. The average molecular weight is 878 g/mol. The van der Waals surface area contributed by atoms with E-state index in [-0.39, 0.29) is 0 Å². The summed E-state index contributed by atoms with van der Waals surface area (Å²) in [5.74, 6) is 0. The molecule has 0 saturated carbocycles. The number of fused-ring (bicyclic) bond motifs is 3. The van der Waals surface area contributed by atoms with Crippen molar-refractivity contribution in [3.8, 4) is 0 Å². The first kappa shape index (κ1) is 51.8. The highest BCUT2D eigenvalue weighted by Crippen LogP contribution is 2.40. The third-order valence-electron chi connectivity index (χ3n) is 11.2. The highest BCUT2D eigenvalue weighted by molar-refractivity contribution is 6.19. The molecule has 0 bridgehead atoms. The Labute approximate surface area is 401 Å². The van der Waals surface area contributed by atoms with E-state index in [4.69, 9.17) is 15.7 Å². The molecule has 0 atom stereocenters. The van der Waals surface area contributed by atoms with E-state index < -0.39 is 0 Å². The van der Waals surface area contributed by atoms with Crippen molar-refractivity contribution in [2.24, 2.45) is 15.7 Å². The van der Waals surface area contributed by atoms with Gasteiger partial charge in [-0.15, -0.1) is 0 Å². The van der Waals surface area contributed by atoms with Crippen molar-refractivity contribution in [2.75, 3.05) is 0 Å². The molecule has 338 valence electrons. The molecule has 0 spiro atoms.